The van der Waals surface area contributed by atoms with Gasteiger partial charge in [-0.2, -0.15) is 28.9 Å². The number of hydrogen-bond donors (Lipinski definition) is 5. The summed E-state index contributed by atoms with van der Waals surface area (Å²) < 4.78 is 33.2. The van der Waals surface area contributed by atoms with E-state index < -0.39 is 16.7 Å². The number of benzene rings is 6. The van der Waals surface area contributed by atoms with Crippen LogP contribution in [0.4, 0.5) is 34.1 Å². The van der Waals surface area contributed by atoms with Crippen molar-refractivity contribution in [3.63, 3.8) is 0 Å². The molecule has 234 valence electrons. The zero-order chi connectivity index (χ0) is 33.1. The molecule has 14 heteroatoms. The van der Waals surface area contributed by atoms with E-state index in [4.69, 9.17) is 0 Å². The molecule has 0 radical (unpaired) electrons. The highest BCUT2D eigenvalue weighted by molar-refractivity contribution is 7.86. The van der Waals surface area contributed by atoms with E-state index in [0.717, 1.165) is 0 Å². The van der Waals surface area contributed by atoms with Crippen molar-refractivity contribution < 1.29 is 33.4 Å². The summed E-state index contributed by atoms with van der Waals surface area (Å²) in [6.45, 7) is -0.477. The maximum absolute atomic E-state index is 11.8. The van der Waals surface area contributed by atoms with Crippen LogP contribution in [0.3, 0.4) is 0 Å². The molecule has 0 unspecified atom stereocenters. The highest BCUT2D eigenvalue weighted by atomic mass is 32.2. The second kappa shape index (κ2) is 12.7. The Bertz CT molecular complexity index is 2360. The minimum absolute atomic E-state index is 0.000913. The number of fused-ring (bicyclic) bond motifs is 2. The van der Waals surface area contributed by atoms with E-state index in [-0.39, 0.29) is 55.8 Å². The van der Waals surface area contributed by atoms with E-state index in [9.17, 15) is 33.4 Å². The van der Waals surface area contributed by atoms with Crippen LogP contribution >= 0.6 is 0 Å². The van der Waals surface area contributed by atoms with Gasteiger partial charge in [-0.3, -0.25) is 4.55 Å². The van der Waals surface area contributed by atoms with Crippen LogP contribution in [0.15, 0.2) is 139 Å². The summed E-state index contributed by atoms with van der Waals surface area (Å²) in [6.07, 6.45) is 0. The Kier molecular flexibility index (Phi) is 8.37. The van der Waals surface area contributed by atoms with Crippen molar-refractivity contribution in [2.75, 3.05) is 0 Å². The summed E-state index contributed by atoms with van der Waals surface area (Å²) in [4.78, 5) is -0.272. The van der Waals surface area contributed by atoms with Crippen molar-refractivity contribution in [2.45, 2.75) is 11.5 Å². The number of aromatic hydroxyl groups is 3. The van der Waals surface area contributed by atoms with E-state index in [2.05, 4.69) is 30.7 Å². The average Bonchev–Trinajstić information content (AvgIpc) is 3.06. The third kappa shape index (κ3) is 6.79. The lowest BCUT2D eigenvalue weighted by Crippen LogP contribution is -1.98. The van der Waals surface area contributed by atoms with Gasteiger partial charge in [0.05, 0.1) is 29.4 Å². The minimum atomic E-state index is -4.47. The average molecular weight is 649 g/mol. The summed E-state index contributed by atoms with van der Waals surface area (Å²) in [5.41, 5.74) is 1.88. The normalized spacial score (nSPS) is 12.3. The van der Waals surface area contributed by atoms with Gasteiger partial charge in [0.2, 0.25) is 0 Å². The second-order valence-electron chi connectivity index (χ2n) is 10.2. The first-order chi connectivity index (χ1) is 22.6. The zero-order valence-electron chi connectivity index (χ0n) is 24.2. The van der Waals surface area contributed by atoms with Gasteiger partial charge in [-0.05, 0) is 83.6 Å². The topological polar surface area (TPSA) is 209 Å². The fourth-order valence-corrected chi connectivity index (χ4v) is 5.42. The predicted octanol–water partition coefficient (Wildman–Crippen LogP) is 9.09. The molecule has 0 heterocycles. The Morgan fingerprint density at radius 3 is 1.96 bits per heavy atom. The first-order valence-corrected chi connectivity index (χ1v) is 15.3. The largest absolute Gasteiger partial charge is 0.508 e. The number of phenolic OH excluding ortho intramolecular Hbond substituents is 3. The maximum atomic E-state index is 11.8. The van der Waals surface area contributed by atoms with E-state index in [1.165, 1.54) is 42.5 Å². The Balaban J connectivity index is 1.24. The smallest absolute Gasteiger partial charge is 0.295 e. The highest BCUT2D eigenvalue weighted by Gasteiger charge is 2.15. The molecule has 0 aliphatic carbocycles. The second-order valence-corrected chi connectivity index (χ2v) is 11.6. The molecule has 0 saturated carbocycles. The third-order valence-corrected chi connectivity index (χ3v) is 7.98. The van der Waals surface area contributed by atoms with Gasteiger partial charge in [0, 0.05) is 22.4 Å². The van der Waals surface area contributed by atoms with Gasteiger partial charge in [-0.1, -0.05) is 24.3 Å². The lowest BCUT2D eigenvalue weighted by molar-refractivity contribution is 0.282. The van der Waals surface area contributed by atoms with Crippen LogP contribution in [0, 0.1) is 0 Å². The van der Waals surface area contributed by atoms with E-state index in [1.807, 2.05) is 0 Å². The van der Waals surface area contributed by atoms with Gasteiger partial charge in [0.15, 0.2) is 5.75 Å². The molecule has 13 nitrogen and oxygen atoms in total. The zero-order valence-corrected chi connectivity index (χ0v) is 25.0. The molecule has 0 amide bonds. The van der Waals surface area contributed by atoms with Crippen LogP contribution in [0.2, 0.25) is 0 Å². The van der Waals surface area contributed by atoms with Crippen molar-refractivity contribution in [3.8, 4) is 17.2 Å². The standard InChI is InChI=1S/C33H24N6O7S/c40-18-21-15-30(31(42)17-29(21)38-36-24-6-4-19-2-1-3-32(27(19)16-24)47(44,45)46)39-37-28-13-5-20-14-23(9-12-26(20)33(28)43)35-34-22-7-10-25(41)11-8-22/h1-17,40-43H,18H2,(H,44,45,46). The molecule has 5 N–H and O–H groups in total. The van der Waals surface area contributed by atoms with Crippen LogP contribution < -0.4 is 0 Å². The molecule has 0 fully saturated rings. The molecule has 6 aromatic rings. The number of aliphatic hydroxyl groups excluding tert-OH is 1. The van der Waals surface area contributed by atoms with Gasteiger partial charge in [0.1, 0.15) is 27.8 Å². The Hall–Kier alpha value is -6.09. The monoisotopic (exact) mass is 648 g/mol. The summed E-state index contributed by atoms with van der Waals surface area (Å²) in [5, 5.41) is 67.6. The molecule has 0 spiro atoms. The molecule has 0 aliphatic heterocycles. The first kappa shape index (κ1) is 30.9. The van der Waals surface area contributed by atoms with E-state index >= 15 is 0 Å². The van der Waals surface area contributed by atoms with Crippen LogP contribution in [-0.4, -0.2) is 33.4 Å². The fourth-order valence-electron chi connectivity index (χ4n) is 4.71. The van der Waals surface area contributed by atoms with Gasteiger partial charge in [-0.15, -0.1) is 10.2 Å². The van der Waals surface area contributed by atoms with Crippen molar-refractivity contribution >= 4 is 65.8 Å². The molecule has 0 atom stereocenters. The molecule has 0 bridgehead atoms. The van der Waals surface area contributed by atoms with Crippen molar-refractivity contribution in [1.82, 2.24) is 0 Å². The van der Waals surface area contributed by atoms with Gasteiger partial charge < -0.3 is 20.4 Å². The lowest BCUT2D eigenvalue weighted by atomic mass is 10.1. The maximum Gasteiger partial charge on any atom is 0.295 e. The Morgan fingerprint density at radius 2 is 1.19 bits per heavy atom. The first-order valence-electron chi connectivity index (χ1n) is 13.9. The van der Waals surface area contributed by atoms with Crippen molar-refractivity contribution in [1.29, 1.82) is 0 Å². The molecular formula is C33H24N6O7S. The summed E-state index contributed by atoms with van der Waals surface area (Å²) >= 11 is 0. The van der Waals surface area contributed by atoms with Crippen LogP contribution in [0.5, 0.6) is 17.2 Å². The summed E-state index contributed by atoms with van der Waals surface area (Å²) in [6, 6.07) is 26.3. The number of hydrogen-bond acceptors (Lipinski definition) is 12. The summed E-state index contributed by atoms with van der Waals surface area (Å²) in [5.74, 6) is -0.342. The summed E-state index contributed by atoms with van der Waals surface area (Å²) in [7, 11) is -4.47. The number of phenols is 3. The molecule has 47 heavy (non-hydrogen) atoms. The van der Waals surface area contributed by atoms with E-state index in [1.54, 1.807) is 60.7 Å². The van der Waals surface area contributed by atoms with Gasteiger partial charge in [0.25, 0.3) is 10.1 Å². The van der Waals surface area contributed by atoms with Gasteiger partial charge >= 0.3 is 0 Å². The number of nitrogens with zero attached hydrogens (tertiary/aromatic N) is 6. The van der Waals surface area contributed by atoms with Crippen molar-refractivity contribution in [2.24, 2.45) is 30.7 Å². The number of rotatable bonds is 8. The molecular weight excluding hydrogens is 624 g/mol. The molecule has 6 aromatic carbocycles. The number of aliphatic hydroxyl groups is 1. The Morgan fingerprint density at radius 1 is 0.553 bits per heavy atom. The lowest BCUT2D eigenvalue weighted by Gasteiger charge is -2.07. The third-order valence-electron chi connectivity index (χ3n) is 7.07. The van der Waals surface area contributed by atoms with Crippen molar-refractivity contribution in [3.05, 3.63) is 109 Å². The quantitative estimate of drug-likeness (QED) is 0.0797. The molecule has 6 rings (SSSR count). The van der Waals surface area contributed by atoms with Gasteiger partial charge in [-0.25, -0.2) is 0 Å². The van der Waals surface area contributed by atoms with Crippen LogP contribution in [-0.2, 0) is 16.7 Å². The van der Waals surface area contributed by atoms with Crippen LogP contribution in [0.25, 0.3) is 21.5 Å². The number of azo groups is 3. The molecule has 0 saturated heterocycles. The van der Waals surface area contributed by atoms with Crippen LogP contribution in [0.1, 0.15) is 5.56 Å². The Labute approximate surface area is 266 Å². The minimum Gasteiger partial charge on any atom is -0.508 e. The SMILES string of the molecule is O=S(=O)(O)c1cccc2ccc(N=Nc3cc(O)c(N=Nc4ccc5cc(N=Nc6ccc(O)cc6)ccc5c4O)cc3CO)cc12. The molecule has 0 aliphatic rings. The fraction of sp³-hybridized carbons (Fsp3) is 0.0303. The predicted molar refractivity (Wildman–Crippen MR) is 174 cm³/mol. The highest BCUT2D eigenvalue weighted by Crippen LogP contribution is 2.40. The van der Waals surface area contributed by atoms with E-state index in [0.29, 0.717) is 27.5 Å². The molecule has 0 aromatic heterocycles.